The Bertz CT molecular complexity index is 809. The maximum Gasteiger partial charge on any atom is 0.390 e. The van der Waals surface area contributed by atoms with Crippen LogP contribution in [0.2, 0.25) is 0 Å². The number of alkyl halides is 3. The van der Waals surface area contributed by atoms with Crippen LogP contribution in [0.25, 0.3) is 11.1 Å². The van der Waals surface area contributed by atoms with Gasteiger partial charge < -0.3 is 10.0 Å². The van der Waals surface area contributed by atoms with Crippen LogP contribution in [0.4, 0.5) is 13.2 Å². The van der Waals surface area contributed by atoms with Gasteiger partial charge in [-0.3, -0.25) is 4.90 Å². The summed E-state index contributed by atoms with van der Waals surface area (Å²) in [5, 5.41) is 10.0. The standard InChI is InChI=1S/C24H29F3N2O/c25-24(26,27)12-15-28-13-4-5-14-29-21(16-28)23(22(29)17-30)20-10-8-19(9-11-20)18-6-2-1-3-7-18/h1-3,6-11,21-23,30H,4-5,12-17H2/t21-,22-,23-/m0/s1. The number of nitrogens with zero attached hydrogens (tertiary/aromatic N) is 2. The summed E-state index contributed by atoms with van der Waals surface area (Å²) in [4.78, 5) is 4.26. The van der Waals surface area contributed by atoms with Gasteiger partial charge in [-0.2, -0.15) is 13.2 Å². The topological polar surface area (TPSA) is 26.7 Å². The minimum atomic E-state index is -4.12. The van der Waals surface area contributed by atoms with Crippen LogP contribution in [0.1, 0.15) is 30.7 Å². The Morgan fingerprint density at radius 2 is 1.57 bits per heavy atom. The van der Waals surface area contributed by atoms with E-state index in [2.05, 4.69) is 41.3 Å². The van der Waals surface area contributed by atoms with E-state index in [-0.39, 0.29) is 31.2 Å². The predicted octanol–water partition coefficient (Wildman–Crippen LogP) is 4.53. The Labute approximate surface area is 176 Å². The molecule has 2 aliphatic heterocycles. The summed E-state index contributed by atoms with van der Waals surface area (Å²) in [6.07, 6.45) is -3.04. The quantitative estimate of drug-likeness (QED) is 0.773. The third-order valence-corrected chi connectivity index (χ3v) is 6.57. The first-order valence-electron chi connectivity index (χ1n) is 10.8. The fraction of sp³-hybridized carbons (Fsp3) is 0.500. The molecule has 2 fully saturated rings. The number of halogens is 3. The van der Waals surface area contributed by atoms with Gasteiger partial charge in [-0.05, 0) is 42.6 Å². The monoisotopic (exact) mass is 418 g/mol. The molecule has 0 radical (unpaired) electrons. The van der Waals surface area contributed by atoms with E-state index >= 15 is 0 Å². The highest BCUT2D eigenvalue weighted by atomic mass is 19.4. The van der Waals surface area contributed by atoms with E-state index in [0.717, 1.165) is 36.1 Å². The summed E-state index contributed by atoms with van der Waals surface area (Å²) in [5.74, 6) is 0.145. The summed E-state index contributed by atoms with van der Waals surface area (Å²) in [5.41, 5.74) is 3.45. The Balaban J connectivity index is 1.51. The lowest BCUT2D eigenvalue weighted by molar-refractivity contribution is -0.140. The molecule has 0 unspecified atom stereocenters. The molecule has 30 heavy (non-hydrogen) atoms. The molecule has 0 aromatic heterocycles. The molecule has 4 rings (SSSR count). The Morgan fingerprint density at radius 1 is 0.900 bits per heavy atom. The average Bonchev–Trinajstić information content (AvgIpc) is 2.72. The van der Waals surface area contributed by atoms with Crippen molar-refractivity contribution in [2.45, 2.75) is 43.4 Å². The van der Waals surface area contributed by atoms with Crippen LogP contribution in [0, 0.1) is 0 Å². The van der Waals surface area contributed by atoms with E-state index in [1.165, 1.54) is 0 Å². The first-order valence-corrected chi connectivity index (χ1v) is 10.8. The second kappa shape index (κ2) is 9.08. The van der Waals surface area contributed by atoms with Gasteiger partial charge in [-0.15, -0.1) is 0 Å². The van der Waals surface area contributed by atoms with Crippen molar-refractivity contribution >= 4 is 0 Å². The second-order valence-corrected chi connectivity index (χ2v) is 8.44. The molecule has 2 aromatic carbocycles. The van der Waals surface area contributed by atoms with Gasteiger partial charge in [0.25, 0.3) is 0 Å². The number of hydrogen-bond donors (Lipinski definition) is 1. The number of aliphatic hydroxyl groups excluding tert-OH is 1. The molecule has 2 saturated heterocycles. The molecule has 0 spiro atoms. The number of rotatable bonds is 5. The molecular formula is C24H29F3N2O. The van der Waals surface area contributed by atoms with Gasteiger partial charge in [0.2, 0.25) is 0 Å². The second-order valence-electron chi connectivity index (χ2n) is 8.44. The number of aliphatic hydroxyl groups is 1. The van der Waals surface area contributed by atoms with Crippen LogP contribution >= 0.6 is 0 Å². The van der Waals surface area contributed by atoms with E-state index in [0.29, 0.717) is 13.1 Å². The van der Waals surface area contributed by atoms with Gasteiger partial charge in [0.15, 0.2) is 0 Å². The molecule has 2 aliphatic rings. The first-order chi connectivity index (χ1) is 14.5. The van der Waals surface area contributed by atoms with E-state index in [1.54, 1.807) is 0 Å². The van der Waals surface area contributed by atoms with Gasteiger partial charge in [-0.25, -0.2) is 0 Å². The van der Waals surface area contributed by atoms with Gasteiger partial charge in [0.1, 0.15) is 0 Å². The number of hydrogen-bond acceptors (Lipinski definition) is 3. The molecule has 2 heterocycles. The van der Waals surface area contributed by atoms with Crippen LogP contribution in [0.5, 0.6) is 0 Å². The van der Waals surface area contributed by atoms with Gasteiger partial charge in [-0.1, -0.05) is 54.6 Å². The maximum absolute atomic E-state index is 12.7. The largest absolute Gasteiger partial charge is 0.395 e. The summed E-state index contributed by atoms with van der Waals surface area (Å²) in [6, 6.07) is 18.8. The maximum atomic E-state index is 12.7. The molecule has 6 heteroatoms. The summed E-state index contributed by atoms with van der Waals surface area (Å²) >= 11 is 0. The molecular weight excluding hydrogens is 389 g/mol. The minimum absolute atomic E-state index is 0.0418. The van der Waals surface area contributed by atoms with E-state index in [9.17, 15) is 18.3 Å². The summed E-state index contributed by atoms with van der Waals surface area (Å²) < 4.78 is 38.2. The highest BCUT2D eigenvalue weighted by molar-refractivity contribution is 5.63. The van der Waals surface area contributed by atoms with Crippen molar-refractivity contribution in [1.29, 1.82) is 0 Å². The first kappa shape index (κ1) is 21.3. The lowest BCUT2D eigenvalue weighted by atomic mass is 9.74. The van der Waals surface area contributed by atoms with Crippen LogP contribution in [0.15, 0.2) is 54.6 Å². The van der Waals surface area contributed by atoms with Crippen molar-refractivity contribution in [3.63, 3.8) is 0 Å². The smallest absolute Gasteiger partial charge is 0.390 e. The zero-order valence-corrected chi connectivity index (χ0v) is 17.1. The minimum Gasteiger partial charge on any atom is -0.395 e. The van der Waals surface area contributed by atoms with E-state index in [1.807, 2.05) is 23.1 Å². The predicted molar refractivity (Wildman–Crippen MR) is 112 cm³/mol. The molecule has 0 saturated carbocycles. The molecule has 0 amide bonds. The Kier molecular flexibility index (Phi) is 6.46. The van der Waals surface area contributed by atoms with Gasteiger partial charge in [0, 0.05) is 31.1 Å². The van der Waals surface area contributed by atoms with Gasteiger partial charge >= 0.3 is 6.18 Å². The van der Waals surface area contributed by atoms with Crippen molar-refractivity contribution < 1.29 is 18.3 Å². The lowest BCUT2D eigenvalue weighted by Crippen LogP contribution is -2.67. The molecule has 3 nitrogen and oxygen atoms in total. The number of benzene rings is 2. The van der Waals surface area contributed by atoms with Crippen molar-refractivity contribution in [3.8, 4) is 11.1 Å². The van der Waals surface area contributed by atoms with Crippen molar-refractivity contribution in [3.05, 3.63) is 60.2 Å². The third kappa shape index (κ3) is 4.71. The van der Waals surface area contributed by atoms with Crippen molar-refractivity contribution in [2.75, 3.05) is 32.8 Å². The number of fused-ring (bicyclic) bond motifs is 1. The third-order valence-electron chi connectivity index (χ3n) is 6.57. The van der Waals surface area contributed by atoms with E-state index < -0.39 is 12.6 Å². The fourth-order valence-corrected chi connectivity index (χ4v) is 5.03. The van der Waals surface area contributed by atoms with Crippen molar-refractivity contribution in [2.24, 2.45) is 0 Å². The highest BCUT2D eigenvalue weighted by Crippen LogP contribution is 2.42. The van der Waals surface area contributed by atoms with Crippen molar-refractivity contribution in [1.82, 2.24) is 9.80 Å². The fourth-order valence-electron chi connectivity index (χ4n) is 5.03. The zero-order chi connectivity index (χ0) is 21.1. The van der Waals surface area contributed by atoms with E-state index in [4.69, 9.17) is 0 Å². The normalized spacial score (nSPS) is 25.8. The zero-order valence-electron chi connectivity index (χ0n) is 17.1. The molecule has 1 N–H and O–H groups in total. The molecule has 0 bridgehead atoms. The summed E-state index contributed by atoms with van der Waals surface area (Å²) in [6.45, 7) is 2.37. The van der Waals surface area contributed by atoms with Crippen LogP contribution in [0.3, 0.4) is 0 Å². The lowest BCUT2D eigenvalue weighted by Gasteiger charge is -2.57. The Hall–Kier alpha value is -1.89. The average molecular weight is 419 g/mol. The molecule has 0 aliphatic carbocycles. The van der Waals surface area contributed by atoms with Gasteiger partial charge in [0.05, 0.1) is 13.0 Å². The highest BCUT2D eigenvalue weighted by Gasteiger charge is 2.49. The van der Waals surface area contributed by atoms with Crippen LogP contribution in [-0.4, -0.2) is 66.0 Å². The Morgan fingerprint density at radius 3 is 2.23 bits per heavy atom. The SMILES string of the molecule is OC[C@H]1[C@@H](c2ccc(-c3ccccc3)cc2)[C@@H]2CN(CCC(F)(F)F)CCCCN12. The molecule has 2 aromatic rings. The van der Waals surface area contributed by atoms with Crippen LogP contribution in [-0.2, 0) is 0 Å². The molecule has 3 atom stereocenters. The molecule has 162 valence electrons. The van der Waals surface area contributed by atoms with Crippen LogP contribution < -0.4 is 0 Å². The summed E-state index contributed by atoms with van der Waals surface area (Å²) in [7, 11) is 0.